The number of phenolic OH excluding ortho intramolecular Hbond substituents is 1. The molecule has 0 radical (unpaired) electrons. The van der Waals surface area contributed by atoms with Crippen LogP contribution in [0.2, 0.25) is 0 Å². The highest BCUT2D eigenvalue weighted by Gasteiger charge is 2.33. The highest BCUT2D eigenvalue weighted by atomic mass is 127. The average molecular weight is 394 g/mol. The van der Waals surface area contributed by atoms with E-state index >= 15 is 0 Å². The SMILES string of the molecule is Oc1ccc2c(c1)sc1cc(I)c(C(F)(F)F)cc12. The lowest BCUT2D eigenvalue weighted by Gasteiger charge is -2.09. The molecule has 0 amide bonds. The largest absolute Gasteiger partial charge is 0.508 e. The maximum Gasteiger partial charge on any atom is 0.417 e. The fourth-order valence-corrected chi connectivity index (χ4v) is 4.15. The summed E-state index contributed by atoms with van der Waals surface area (Å²) < 4.78 is 40.5. The van der Waals surface area contributed by atoms with Crippen LogP contribution >= 0.6 is 33.9 Å². The zero-order valence-corrected chi connectivity index (χ0v) is 12.2. The molecule has 0 atom stereocenters. The van der Waals surface area contributed by atoms with Gasteiger partial charge in [-0.2, -0.15) is 13.2 Å². The van der Waals surface area contributed by atoms with Gasteiger partial charge in [0.1, 0.15) is 5.75 Å². The number of benzene rings is 2. The second kappa shape index (κ2) is 4.24. The smallest absolute Gasteiger partial charge is 0.417 e. The summed E-state index contributed by atoms with van der Waals surface area (Å²) in [6, 6.07) is 7.43. The molecule has 0 aliphatic rings. The number of hydrogen-bond donors (Lipinski definition) is 1. The van der Waals surface area contributed by atoms with E-state index in [1.807, 2.05) is 0 Å². The molecule has 1 heterocycles. The molecule has 1 aromatic heterocycles. The lowest BCUT2D eigenvalue weighted by molar-refractivity contribution is -0.138. The second-order valence-corrected chi connectivity index (χ2v) is 6.35. The molecule has 3 rings (SSSR count). The lowest BCUT2D eigenvalue weighted by atomic mass is 10.1. The molecule has 0 bridgehead atoms. The quantitative estimate of drug-likeness (QED) is 0.508. The van der Waals surface area contributed by atoms with E-state index in [0.29, 0.717) is 5.39 Å². The third-order valence-corrected chi connectivity index (χ3v) is 4.86. The standard InChI is InChI=1S/C13H6F3IOS/c14-13(15,16)9-4-8-7-2-1-6(18)3-11(7)19-12(8)5-10(9)17/h1-5,18H. The molecular weight excluding hydrogens is 388 g/mol. The Kier molecular flexibility index (Phi) is 2.90. The normalized spacial score (nSPS) is 12.4. The van der Waals surface area contributed by atoms with Crippen LogP contribution in [0, 0.1) is 3.57 Å². The van der Waals surface area contributed by atoms with Gasteiger partial charge in [0, 0.05) is 23.7 Å². The van der Waals surface area contributed by atoms with E-state index in [2.05, 4.69) is 0 Å². The predicted molar refractivity (Wildman–Crippen MR) is 78.7 cm³/mol. The van der Waals surface area contributed by atoms with Crippen molar-refractivity contribution in [2.45, 2.75) is 6.18 Å². The number of halogens is 4. The van der Waals surface area contributed by atoms with Gasteiger partial charge in [-0.3, -0.25) is 0 Å². The lowest BCUT2D eigenvalue weighted by Crippen LogP contribution is -2.06. The zero-order valence-electron chi connectivity index (χ0n) is 9.25. The number of rotatable bonds is 0. The molecule has 98 valence electrons. The number of thiophene rings is 1. The number of aromatic hydroxyl groups is 1. The molecule has 0 saturated carbocycles. The fourth-order valence-electron chi connectivity index (χ4n) is 2.00. The topological polar surface area (TPSA) is 20.2 Å². The Hall–Kier alpha value is -1.02. The minimum absolute atomic E-state index is 0.116. The second-order valence-electron chi connectivity index (χ2n) is 4.11. The van der Waals surface area contributed by atoms with Crippen molar-refractivity contribution in [1.29, 1.82) is 0 Å². The van der Waals surface area contributed by atoms with Gasteiger partial charge >= 0.3 is 6.18 Å². The number of phenols is 1. The van der Waals surface area contributed by atoms with E-state index in [4.69, 9.17) is 0 Å². The number of fused-ring (bicyclic) bond motifs is 3. The molecule has 3 aromatic rings. The third kappa shape index (κ3) is 2.16. The van der Waals surface area contributed by atoms with Crippen molar-refractivity contribution in [2.24, 2.45) is 0 Å². The van der Waals surface area contributed by atoms with E-state index in [1.165, 1.54) is 23.5 Å². The van der Waals surface area contributed by atoms with Crippen molar-refractivity contribution in [3.8, 4) is 5.75 Å². The summed E-state index contributed by atoms with van der Waals surface area (Å²) >= 11 is 3.08. The molecular formula is C13H6F3IOS. The highest BCUT2D eigenvalue weighted by Crippen LogP contribution is 2.41. The van der Waals surface area contributed by atoms with Gasteiger partial charge in [0.15, 0.2) is 0 Å². The predicted octanol–water partition coefficient (Wildman–Crippen LogP) is 5.38. The van der Waals surface area contributed by atoms with Gasteiger partial charge in [0.2, 0.25) is 0 Å². The van der Waals surface area contributed by atoms with Gasteiger partial charge in [-0.15, -0.1) is 11.3 Å². The Balaban J connectivity index is 2.41. The van der Waals surface area contributed by atoms with E-state index < -0.39 is 11.7 Å². The molecule has 19 heavy (non-hydrogen) atoms. The third-order valence-electron chi connectivity index (χ3n) is 2.85. The van der Waals surface area contributed by atoms with Crippen LogP contribution in [0.5, 0.6) is 5.75 Å². The van der Waals surface area contributed by atoms with Crippen LogP contribution in [0.4, 0.5) is 13.2 Å². The summed E-state index contributed by atoms with van der Waals surface area (Å²) in [4.78, 5) is 0. The van der Waals surface area contributed by atoms with Crippen LogP contribution in [0.25, 0.3) is 20.2 Å². The van der Waals surface area contributed by atoms with Crippen molar-refractivity contribution in [1.82, 2.24) is 0 Å². The van der Waals surface area contributed by atoms with Gasteiger partial charge in [-0.25, -0.2) is 0 Å². The fraction of sp³-hybridized carbons (Fsp3) is 0.0769. The van der Waals surface area contributed by atoms with Crippen molar-refractivity contribution in [2.75, 3.05) is 0 Å². The first-order valence-corrected chi connectivity index (χ1v) is 7.18. The van der Waals surface area contributed by atoms with Gasteiger partial charge < -0.3 is 5.11 Å². The molecule has 0 fully saturated rings. The van der Waals surface area contributed by atoms with Gasteiger partial charge in [-0.1, -0.05) is 0 Å². The Bertz CT molecular complexity index is 792. The first kappa shape index (κ1) is 13.0. The summed E-state index contributed by atoms with van der Waals surface area (Å²) in [5.74, 6) is 0.116. The maximum absolute atomic E-state index is 12.9. The molecule has 1 nitrogen and oxygen atoms in total. The summed E-state index contributed by atoms with van der Waals surface area (Å²) in [6.45, 7) is 0. The summed E-state index contributed by atoms with van der Waals surface area (Å²) in [5, 5.41) is 10.7. The number of hydrogen-bond acceptors (Lipinski definition) is 2. The van der Waals surface area contributed by atoms with Crippen LogP contribution in [0.3, 0.4) is 0 Å². The van der Waals surface area contributed by atoms with Gasteiger partial charge in [0.05, 0.1) is 5.56 Å². The molecule has 0 aliphatic carbocycles. The molecule has 0 spiro atoms. The minimum Gasteiger partial charge on any atom is -0.508 e. The van der Waals surface area contributed by atoms with E-state index in [9.17, 15) is 18.3 Å². The van der Waals surface area contributed by atoms with Crippen molar-refractivity contribution in [3.05, 3.63) is 39.5 Å². The van der Waals surface area contributed by atoms with Crippen LogP contribution in [-0.4, -0.2) is 5.11 Å². The van der Waals surface area contributed by atoms with Crippen LogP contribution in [0.1, 0.15) is 5.56 Å². The average Bonchev–Trinajstić information content (AvgIpc) is 2.62. The van der Waals surface area contributed by atoms with E-state index in [0.717, 1.165) is 14.8 Å². The molecule has 0 unspecified atom stereocenters. The summed E-state index contributed by atoms with van der Waals surface area (Å²) in [6.07, 6.45) is -4.35. The molecule has 0 aliphatic heterocycles. The first-order chi connectivity index (χ1) is 8.86. The Labute approximate surface area is 123 Å². The monoisotopic (exact) mass is 394 g/mol. The maximum atomic E-state index is 12.9. The molecule has 1 N–H and O–H groups in total. The number of alkyl halides is 3. The Morgan fingerprint density at radius 2 is 1.68 bits per heavy atom. The van der Waals surface area contributed by atoms with Gasteiger partial charge in [-0.05, 0) is 52.9 Å². The zero-order chi connectivity index (χ0) is 13.8. The van der Waals surface area contributed by atoms with Gasteiger partial charge in [0.25, 0.3) is 0 Å². The summed E-state index contributed by atoms with van der Waals surface area (Å²) in [7, 11) is 0. The van der Waals surface area contributed by atoms with Crippen molar-refractivity contribution < 1.29 is 18.3 Å². The van der Waals surface area contributed by atoms with Crippen LogP contribution in [-0.2, 0) is 6.18 Å². The molecule has 2 aromatic carbocycles. The minimum atomic E-state index is -4.35. The van der Waals surface area contributed by atoms with Crippen molar-refractivity contribution >= 4 is 54.1 Å². The Morgan fingerprint density at radius 3 is 2.37 bits per heavy atom. The van der Waals surface area contributed by atoms with Crippen LogP contribution < -0.4 is 0 Å². The first-order valence-electron chi connectivity index (χ1n) is 5.28. The van der Waals surface area contributed by atoms with E-state index in [1.54, 1.807) is 40.8 Å². The van der Waals surface area contributed by atoms with E-state index in [-0.39, 0.29) is 9.32 Å². The highest BCUT2D eigenvalue weighted by molar-refractivity contribution is 14.1. The Morgan fingerprint density at radius 1 is 1.00 bits per heavy atom. The molecule has 0 saturated heterocycles. The van der Waals surface area contributed by atoms with Crippen molar-refractivity contribution in [3.63, 3.8) is 0 Å². The summed E-state index contributed by atoms with van der Waals surface area (Å²) in [5.41, 5.74) is -0.617. The molecule has 6 heteroatoms. The van der Waals surface area contributed by atoms with Crippen LogP contribution in [0.15, 0.2) is 30.3 Å².